The molecular formula is C11H16F3NO3. The fourth-order valence-electron chi connectivity index (χ4n) is 2.08. The Hall–Kier alpha value is -1.27. The maximum absolute atomic E-state index is 12.4. The lowest BCUT2D eigenvalue weighted by Crippen LogP contribution is -2.43. The van der Waals surface area contributed by atoms with Gasteiger partial charge in [0.05, 0.1) is 5.92 Å². The van der Waals surface area contributed by atoms with E-state index in [0.717, 1.165) is 0 Å². The van der Waals surface area contributed by atoms with Crippen LogP contribution in [-0.4, -0.2) is 29.2 Å². The van der Waals surface area contributed by atoms with Gasteiger partial charge in [0.25, 0.3) is 0 Å². The summed E-state index contributed by atoms with van der Waals surface area (Å²) in [5.74, 6) is -3.47. The predicted octanol–water partition coefficient (Wildman–Crippen LogP) is 1.94. The number of hydrogen-bond donors (Lipinski definition) is 2. The van der Waals surface area contributed by atoms with Crippen LogP contribution in [0.5, 0.6) is 0 Å². The molecule has 4 nitrogen and oxygen atoms in total. The van der Waals surface area contributed by atoms with Crippen LogP contribution in [0.4, 0.5) is 13.2 Å². The first-order chi connectivity index (χ1) is 8.21. The monoisotopic (exact) mass is 267 g/mol. The molecule has 18 heavy (non-hydrogen) atoms. The quantitative estimate of drug-likeness (QED) is 0.821. The van der Waals surface area contributed by atoms with Crippen molar-refractivity contribution in [2.24, 2.45) is 11.8 Å². The predicted molar refractivity (Wildman–Crippen MR) is 56.7 cm³/mol. The highest BCUT2D eigenvalue weighted by Crippen LogP contribution is 2.39. The zero-order valence-corrected chi connectivity index (χ0v) is 9.96. The molecule has 1 unspecified atom stereocenters. The number of carboxylic acids is 1. The minimum Gasteiger partial charge on any atom is -0.480 e. The highest BCUT2D eigenvalue weighted by molar-refractivity contribution is 5.84. The average Bonchev–Trinajstić information content (AvgIpc) is 2.27. The molecule has 1 atom stereocenters. The summed E-state index contributed by atoms with van der Waals surface area (Å²) in [6, 6.07) is -1.02. The fraction of sp³-hybridized carbons (Fsp3) is 0.818. The Kier molecular flexibility index (Phi) is 4.59. The Labute approximate surface area is 103 Å². The Morgan fingerprint density at radius 2 is 1.72 bits per heavy atom. The summed E-state index contributed by atoms with van der Waals surface area (Å²) in [5, 5.41) is 10.9. The molecule has 1 fully saturated rings. The van der Waals surface area contributed by atoms with Crippen molar-refractivity contribution in [1.82, 2.24) is 5.32 Å². The lowest BCUT2D eigenvalue weighted by molar-refractivity contribution is -0.184. The molecular weight excluding hydrogens is 251 g/mol. The molecule has 0 aromatic carbocycles. The number of carbonyl (C=O) groups is 2. The second-order valence-electron chi connectivity index (χ2n) is 4.66. The van der Waals surface area contributed by atoms with Gasteiger partial charge in [-0.1, -0.05) is 0 Å². The van der Waals surface area contributed by atoms with E-state index in [2.05, 4.69) is 5.32 Å². The van der Waals surface area contributed by atoms with Crippen LogP contribution in [0.1, 0.15) is 32.6 Å². The molecule has 1 amide bonds. The number of amides is 1. The maximum Gasteiger partial charge on any atom is 0.391 e. The summed E-state index contributed by atoms with van der Waals surface area (Å²) < 4.78 is 37.2. The van der Waals surface area contributed by atoms with E-state index in [1.54, 1.807) is 0 Å². The van der Waals surface area contributed by atoms with Crippen LogP contribution in [0.25, 0.3) is 0 Å². The molecule has 0 saturated heterocycles. The molecule has 0 aromatic heterocycles. The van der Waals surface area contributed by atoms with E-state index in [4.69, 9.17) is 5.11 Å². The zero-order valence-electron chi connectivity index (χ0n) is 9.96. The Morgan fingerprint density at radius 1 is 1.22 bits per heavy atom. The smallest absolute Gasteiger partial charge is 0.391 e. The van der Waals surface area contributed by atoms with E-state index in [-0.39, 0.29) is 25.7 Å². The molecule has 0 radical (unpaired) electrons. The lowest BCUT2D eigenvalue weighted by Gasteiger charge is -2.29. The molecule has 1 rings (SSSR count). The highest BCUT2D eigenvalue weighted by atomic mass is 19.4. The number of nitrogens with one attached hydrogen (secondary N) is 1. The highest BCUT2D eigenvalue weighted by Gasteiger charge is 2.42. The van der Waals surface area contributed by atoms with Crippen LogP contribution >= 0.6 is 0 Å². The van der Waals surface area contributed by atoms with Crippen LogP contribution < -0.4 is 5.32 Å². The van der Waals surface area contributed by atoms with E-state index in [1.165, 1.54) is 6.92 Å². The number of rotatable bonds is 3. The van der Waals surface area contributed by atoms with Gasteiger partial charge in [0.15, 0.2) is 0 Å². The van der Waals surface area contributed by atoms with Gasteiger partial charge in [0.1, 0.15) is 6.04 Å². The van der Waals surface area contributed by atoms with E-state index < -0.39 is 35.9 Å². The van der Waals surface area contributed by atoms with Crippen molar-refractivity contribution in [3.8, 4) is 0 Å². The first-order valence-electron chi connectivity index (χ1n) is 5.81. The average molecular weight is 267 g/mol. The maximum atomic E-state index is 12.4. The van der Waals surface area contributed by atoms with Crippen molar-refractivity contribution in [3.63, 3.8) is 0 Å². The Balaban J connectivity index is 2.43. The van der Waals surface area contributed by atoms with E-state index in [1.807, 2.05) is 0 Å². The second kappa shape index (κ2) is 5.58. The molecule has 2 N–H and O–H groups in total. The third-order valence-electron chi connectivity index (χ3n) is 3.29. The van der Waals surface area contributed by atoms with Crippen molar-refractivity contribution in [1.29, 1.82) is 0 Å². The van der Waals surface area contributed by atoms with Gasteiger partial charge in [-0.25, -0.2) is 0 Å². The molecule has 1 aliphatic rings. The Morgan fingerprint density at radius 3 is 2.11 bits per heavy atom. The fourth-order valence-corrected chi connectivity index (χ4v) is 2.08. The third kappa shape index (κ3) is 3.89. The van der Waals surface area contributed by atoms with Gasteiger partial charge in [-0.05, 0) is 32.6 Å². The Bertz CT molecular complexity index is 322. The third-order valence-corrected chi connectivity index (χ3v) is 3.29. The largest absolute Gasteiger partial charge is 0.480 e. The standard InChI is InChI=1S/C11H16F3NO3/c1-6(10(17)18)15-9(16)7-2-4-8(5-3-7)11(12,13)14/h6-8H,2-5H2,1H3,(H,15,16)(H,17,18). The van der Waals surface area contributed by atoms with Crippen LogP contribution in [0.3, 0.4) is 0 Å². The topological polar surface area (TPSA) is 66.4 Å². The molecule has 1 aliphatic carbocycles. The molecule has 1 saturated carbocycles. The van der Waals surface area contributed by atoms with E-state index >= 15 is 0 Å². The molecule has 0 heterocycles. The van der Waals surface area contributed by atoms with Crippen molar-refractivity contribution >= 4 is 11.9 Å². The zero-order chi connectivity index (χ0) is 13.9. The van der Waals surface area contributed by atoms with Gasteiger partial charge in [0, 0.05) is 5.92 Å². The normalized spacial score (nSPS) is 26.4. The molecule has 0 spiro atoms. The minimum absolute atomic E-state index is 0.0664. The van der Waals surface area contributed by atoms with Crippen LogP contribution in [0.2, 0.25) is 0 Å². The van der Waals surface area contributed by atoms with Gasteiger partial charge < -0.3 is 10.4 Å². The second-order valence-corrected chi connectivity index (χ2v) is 4.66. The number of hydrogen-bond acceptors (Lipinski definition) is 2. The van der Waals surface area contributed by atoms with Crippen molar-refractivity contribution in [2.75, 3.05) is 0 Å². The summed E-state index contributed by atoms with van der Waals surface area (Å²) in [5.41, 5.74) is 0. The molecule has 7 heteroatoms. The van der Waals surface area contributed by atoms with Gasteiger partial charge >= 0.3 is 12.1 Å². The van der Waals surface area contributed by atoms with Gasteiger partial charge in [-0.15, -0.1) is 0 Å². The van der Waals surface area contributed by atoms with Crippen LogP contribution in [-0.2, 0) is 9.59 Å². The van der Waals surface area contributed by atoms with Crippen molar-refractivity contribution in [3.05, 3.63) is 0 Å². The first-order valence-corrected chi connectivity index (χ1v) is 5.81. The minimum atomic E-state index is -4.20. The van der Waals surface area contributed by atoms with Gasteiger partial charge in [-0.3, -0.25) is 9.59 Å². The lowest BCUT2D eigenvalue weighted by atomic mass is 9.81. The summed E-state index contributed by atoms with van der Waals surface area (Å²) in [6.45, 7) is 1.32. The van der Waals surface area contributed by atoms with Crippen molar-refractivity contribution < 1.29 is 27.9 Å². The van der Waals surface area contributed by atoms with Crippen LogP contribution in [0.15, 0.2) is 0 Å². The first kappa shape index (κ1) is 14.8. The SMILES string of the molecule is CC(NC(=O)C1CCC(C(F)(F)F)CC1)C(=O)O. The number of halogens is 3. The molecule has 104 valence electrons. The van der Waals surface area contributed by atoms with Gasteiger partial charge in [0.2, 0.25) is 5.91 Å². The molecule has 0 aliphatic heterocycles. The van der Waals surface area contributed by atoms with E-state index in [0.29, 0.717) is 0 Å². The van der Waals surface area contributed by atoms with Crippen molar-refractivity contribution in [2.45, 2.75) is 44.8 Å². The summed E-state index contributed by atoms with van der Waals surface area (Å²) in [6.07, 6.45) is -4.02. The van der Waals surface area contributed by atoms with E-state index in [9.17, 15) is 22.8 Å². The summed E-state index contributed by atoms with van der Waals surface area (Å²) in [7, 11) is 0. The molecule has 0 bridgehead atoms. The molecule has 0 aromatic rings. The number of carbonyl (C=O) groups excluding carboxylic acids is 1. The number of carboxylic acid groups (broad SMARTS) is 1. The summed E-state index contributed by atoms with van der Waals surface area (Å²) in [4.78, 5) is 22.2. The number of aliphatic carboxylic acids is 1. The summed E-state index contributed by atoms with van der Waals surface area (Å²) >= 11 is 0. The van der Waals surface area contributed by atoms with Crippen LogP contribution in [0, 0.1) is 11.8 Å². The van der Waals surface area contributed by atoms with Gasteiger partial charge in [-0.2, -0.15) is 13.2 Å². The number of alkyl halides is 3.